The maximum atomic E-state index is 5.33. The highest BCUT2D eigenvalue weighted by molar-refractivity contribution is 9.10. The van der Waals surface area contributed by atoms with Gasteiger partial charge in [0, 0.05) is 24.3 Å². The highest BCUT2D eigenvalue weighted by Crippen LogP contribution is 2.29. The molecule has 0 saturated carbocycles. The molecule has 0 unspecified atom stereocenters. The average Bonchev–Trinajstić information content (AvgIpc) is 2.63. The molecule has 0 atom stereocenters. The monoisotopic (exact) mass is 293 g/mol. The van der Waals surface area contributed by atoms with E-state index in [4.69, 9.17) is 4.74 Å². The largest absolute Gasteiger partial charge is 0.381 e. The minimum atomic E-state index is 0.816. The maximum absolute atomic E-state index is 5.33. The van der Waals surface area contributed by atoms with E-state index < -0.39 is 0 Å². The van der Waals surface area contributed by atoms with Gasteiger partial charge in [0.1, 0.15) is 4.60 Å². The molecule has 0 N–H and O–H groups in total. The Hall–Kier alpha value is 0.420. The Kier molecular flexibility index (Phi) is 4.28. The van der Waals surface area contributed by atoms with Crippen LogP contribution in [0.1, 0.15) is 12.8 Å². The van der Waals surface area contributed by atoms with Crippen LogP contribution in [-0.2, 0) is 4.74 Å². The first-order chi connectivity index (χ1) is 6.84. The fraction of sp³-hybridized carbons (Fsp3) is 0.667. The molecule has 2 nitrogen and oxygen atoms in total. The van der Waals surface area contributed by atoms with Crippen molar-refractivity contribution < 1.29 is 4.74 Å². The lowest BCUT2D eigenvalue weighted by Gasteiger charge is -2.20. The van der Waals surface area contributed by atoms with Gasteiger partial charge in [-0.05, 0) is 34.7 Å². The first-order valence-corrected chi connectivity index (χ1v) is 7.32. The molecule has 78 valence electrons. The summed E-state index contributed by atoms with van der Waals surface area (Å²) >= 11 is 6.95. The zero-order valence-electron chi connectivity index (χ0n) is 7.74. The molecule has 1 aliphatic rings. The normalized spacial score (nSPS) is 18.6. The van der Waals surface area contributed by atoms with Crippen LogP contribution < -0.4 is 0 Å². The summed E-state index contributed by atoms with van der Waals surface area (Å²) in [6.07, 6.45) is 2.42. The van der Waals surface area contributed by atoms with Crippen LogP contribution in [0.25, 0.3) is 0 Å². The van der Waals surface area contributed by atoms with Gasteiger partial charge in [-0.2, -0.15) is 0 Å². The molecule has 1 aromatic heterocycles. The van der Waals surface area contributed by atoms with Crippen molar-refractivity contribution in [2.24, 2.45) is 5.92 Å². The van der Waals surface area contributed by atoms with Crippen molar-refractivity contribution in [3.8, 4) is 0 Å². The Morgan fingerprint density at radius 2 is 2.36 bits per heavy atom. The zero-order chi connectivity index (χ0) is 9.80. The summed E-state index contributed by atoms with van der Waals surface area (Å²) in [5, 5.41) is 2.03. The molecule has 2 heterocycles. The highest BCUT2D eigenvalue weighted by Gasteiger charge is 2.14. The van der Waals surface area contributed by atoms with Gasteiger partial charge in [0.2, 0.25) is 0 Å². The van der Waals surface area contributed by atoms with Crippen molar-refractivity contribution >= 4 is 39.0 Å². The van der Waals surface area contributed by atoms with Gasteiger partial charge in [-0.15, -0.1) is 11.3 Å². The molecule has 0 amide bonds. The van der Waals surface area contributed by atoms with Gasteiger partial charge in [-0.3, -0.25) is 0 Å². The molecular formula is C9H12BrNOS2. The number of thiazole rings is 1. The number of aromatic nitrogens is 1. The van der Waals surface area contributed by atoms with Gasteiger partial charge in [0.15, 0.2) is 4.34 Å². The summed E-state index contributed by atoms with van der Waals surface area (Å²) in [7, 11) is 0. The van der Waals surface area contributed by atoms with Gasteiger partial charge >= 0.3 is 0 Å². The lowest BCUT2D eigenvalue weighted by molar-refractivity contribution is 0.0728. The van der Waals surface area contributed by atoms with E-state index in [9.17, 15) is 0 Å². The van der Waals surface area contributed by atoms with Crippen LogP contribution in [0.5, 0.6) is 0 Å². The quantitative estimate of drug-likeness (QED) is 0.797. The standard InChI is InChI=1S/C9H12BrNOS2/c10-8-6-14-9(11-8)13-5-7-1-3-12-4-2-7/h6-7H,1-5H2. The molecule has 1 fully saturated rings. The zero-order valence-corrected chi connectivity index (χ0v) is 11.0. The molecule has 5 heteroatoms. The molecule has 0 bridgehead atoms. The molecule has 0 spiro atoms. The number of thioether (sulfide) groups is 1. The van der Waals surface area contributed by atoms with E-state index >= 15 is 0 Å². The number of rotatable bonds is 3. The molecule has 14 heavy (non-hydrogen) atoms. The van der Waals surface area contributed by atoms with Crippen molar-refractivity contribution in [2.45, 2.75) is 17.2 Å². The van der Waals surface area contributed by atoms with Gasteiger partial charge in [-0.1, -0.05) is 11.8 Å². The highest BCUT2D eigenvalue weighted by atomic mass is 79.9. The predicted octanol–water partition coefficient (Wildman–Crippen LogP) is 3.42. The van der Waals surface area contributed by atoms with Gasteiger partial charge < -0.3 is 4.74 Å². The van der Waals surface area contributed by atoms with E-state index in [2.05, 4.69) is 20.9 Å². The first-order valence-electron chi connectivity index (χ1n) is 4.66. The van der Waals surface area contributed by atoms with E-state index in [0.717, 1.165) is 23.7 Å². The van der Waals surface area contributed by atoms with Crippen molar-refractivity contribution in [3.63, 3.8) is 0 Å². The van der Waals surface area contributed by atoms with Crippen LogP contribution in [0.15, 0.2) is 14.3 Å². The fourth-order valence-corrected chi connectivity index (χ4v) is 4.00. The van der Waals surface area contributed by atoms with Crippen LogP contribution in [-0.4, -0.2) is 24.0 Å². The Bertz CT molecular complexity index is 286. The first kappa shape index (κ1) is 10.9. The van der Waals surface area contributed by atoms with E-state index in [1.807, 2.05) is 17.1 Å². The lowest BCUT2D eigenvalue weighted by Crippen LogP contribution is -2.17. The van der Waals surface area contributed by atoms with Crippen LogP contribution in [0.4, 0.5) is 0 Å². The van der Waals surface area contributed by atoms with Crippen molar-refractivity contribution in [2.75, 3.05) is 19.0 Å². The van der Waals surface area contributed by atoms with E-state index in [1.165, 1.54) is 22.9 Å². The second-order valence-electron chi connectivity index (χ2n) is 3.30. The smallest absolute Gasteiger partial charge is 0.151 e. The van der Waals surface area contributed by atoms with Crippen LogP contribution in [0.2, 0.25) is 0 Å². The number of hydrogen-bond donors (Lipinski definition) is 0. The summed E-state index contributed by atoms with van der Waals surface area (Å²) in [6, 6.07) is 0. The third kappa shape index (κ3) is 3.22. The predicted molar refractivity (Wildman–Crippen MR) is 64.1 cm³/mol. The van der Waals surface area contributed by atoms with E-state index in [0.29, 0.717) is 0 Å². The minimum absolute atomic E-state index is 0.816. The third-order valence-electron chi connectivity index (χ3n) is 2.24. The second-order valence-corrected chi connectivity index (χ2v) is 6.24. The van der Waals surface area contributed by atoms with Crippen molar-refractivity contribution in [3.05, 3.63) is 9.98 Å². The Morgan fingerprint density at radius 3 is 3.00 bits per heavy atom. The minimum Gasteiger partial charge on any atom is -0.381 e. The molecule has 1 saturated heterocycles. The number of nitrogens with zero attached hydrogens (tertiary/aromatic N) is 1. The maximum Gasteiger partial charge on any atom is 0.151 e. The van der Waals surface area contributed by atoms with Crippen molar-refractivity contribution in [1.82, 2.24) is 4.98 Å². The van der Waals surface area contributed by atoms with Crippen LogP contribution >= 0.6 is 39.0 Å². The molecule has 0 aliphatic carbocycles. The topological polar surface area (TPSA) is 22.1 Å². The molecule has 0 aromatic carbocycles. The van der Waals surface area contributed by atoms with Crippen molar-refractivity contribution in [1.29, 1.82) is 0 Å². The second kappa shape index (κ2) is 5.49. The van der Waals surface area contributed by atoms with Gasteiger partial charge in [-0.25, -0.2) is 4.98 Å². The summed E-state index contributed by atoms with van der Waals surface area (Å²) in [4.78, 5) is 4.36. The summed E-state index contributed by atoms with van der Waals surface area (Å²) in [5.74, 6) is 2.00. The lowest BCUT2D eigenvalue weighted by atomic mass is 10.0. The molecule has 2 rings (SSSR count). The third-order valence-corrected chi connectivity index (χ3v) is 5.20. The molecule has 1 aliphatic heterocycles. The van der Waals surface area contributed by atoms with E-state index in [1.54, 1.807) is 11.3 Å². The molecule has 0 radical (unpaired) electrons. The summed E-state index contributed by atoms with van der Waals surface area (Å²) < 4.78 is 7.45. The molecule has 1 aromatic rings. The van der Waals surface area contributed by atoms with Gasteiger partial charge in [0.05, 0.1) is 0 Å². The Balaban J connectivity index is 1.76. The summed E-state index contributed by atoms with van der Waals surface area (Å²) in [5.41, 5.74) is 0. The average molecular weight is 294 g/mol. The van der Waals surface area contributed by atoms with E-state index in [-0.39, 0.29) is 0 Å². The Morgan fingerprint density at radius 1 is 1.57 bits per heavy atom. The van der Waals surface area contributed by atoms with Crippen LogP contribution in [0.3, 0.4) is 0 Å². The van der Waals surface area contributed by atoms with Gasteiger partial charge in [0.25, 0.3) is 0 Å². The number of halogens is 1. The summed E-state index contributed by atoms with van der Waals surface area (Å²) in [6.45, 7) is 1.87. The number of ether oxygens (including phenoxy) is 1. The SMILES string of the molecule is Brc1csc(SCC2CCOCC2)n1. The van der Waals surface area contributed by atoms with Crippen LogP contribution in [0, 0.1) is 5.92 Å². The molecular weight excluding hydrogens is 282 g/mol. The number of hydrogen-bond acceptors (Lipinski definition) is 4. The Labute approximate surface area is 101 Å². The fourth-order valence-electron chi connectivity index (χ4n) is 1.41.